The Kier molecular flexibility index (Phi) is 6.75. The molecule has 0 saturated carbocycles. The Balaban J connectivity index is 1.62. The van der Waals surface area contributed by atoms with Gasteiger partial charge in [-0.15, -0.1) is 0 Å². The summed E-state index contributed by atoms with van der Waals surface area (Å²) in [5.41, 5.74) is 1.59. The van der Waals surface area contributed by atoms with Gasteiger partial charge in [0.2, 0.25) is 6.79 Å². The van der Waals surface area contributed by atoms with E-state index in [4.69, 9.17) is 26.1 Å². The number of likely N-dealkylation sites (N-methyl/N-ethyl adjacent to an activating group) is 1. The van der Waals surface area contributed by atoms with Gasteiger partial charge in [0.1, 0.15) is 0 Å². The van der Waals surface area contributed by atoms with Crippen molar-refractivity contribution in [2.75, 3.05) is 37.9 Å². The van der Waals surface area contributed by atoms with Crippen molar-refractivity contribution in [3.8, 4) is 11.5 Å². The molecule has 8 heteroatoms. The van der Waals surface area contributed by atoms with Crippen LogP contribution in [-0.4, -0.2) is 48.8 Å². The fourth-order valence-electron chi connectivity index (χ4n) is 3.36. The molecular formula is C23H24ClN3O3S. The summed E-state index contributed by atoms with van der Waals surface area (Å²) in [5, 5.41) is 1.26. The zero-order chi connectivity index (χ0) is 21.8. The third-order valence-corrected chi connectivity index (χ3v) is 6.60. The van der Waals surface area contributed by atoms with Crippen molar-refractivity contribution >= 4 is 50.3 Å². The van der Waals surface area contributed by atoms with Crippen molar-refractivity contribution in [2.24, 2.45) is 0 Å². The molecule has 2 aromatic carbocycles. The van der Waals surface area contributed by atoms with E-state index in [9.17, 15) is 4.79 Å². The van der Waals surface area contributed by atoms with Gasteiger partial charge in [0.25, 0.3) is 5.91 Å². The Bertz CT molecular complexity index is 1070. The summed E-state index contributed by atoms with van der Waals surface area (Å²) in [7, 11) is 0. The van der Waals surface area contributed by atoms with E-state index in [-0.39, 0.29) is 12.7 Å². The monoisotopic (exact) mass is 457 g/mol. The summed E-state index contributed by atoms with van der Waals surface area (Å²) in [5.74, 6) is 1.26. The molecule has 0 fully saturated rings. The molecule has 0 aliphatic carbocycles. The van der Waals surface area contributed by atoms with Gasteiger partial charge in [0.05, 0.1) is 10.2 Å². The number of carbonyl (C=O) groups is 1. The third kappa shape index (κ3) is 4.84. The highest BCUT2D eigenvalue weighted by atomic mass is 35.5. The first-order valence-corrected chi connectivity index (χ1v) is 11.4. The molecule has 162 valence electrons. The first-order valence-electron chi connectivity index (χ1n) is 10.3. The van der Waals surface area contributed by atoms with Crippen LogP contribution in [0.15, 0.2) is 42.5 Å². The minimum Gasteiger partial charge on any atom is -0.454 e. The largest absolute Gasteiger partial charge is 0.454 e. The van der Waals surface area contributed by atoms with Crippen LogP contribution in [0.25, 0.3) is 16.3 Å². The van der Waals surface area contributed by atoms with Gasteiger partial charge in [0, 0.05) is 36.3 Å². The van der Waals surface area contributed by atoms with E-state index in [1.54, 1.807) is 23.1 Å². The fourth-order valence-corrected chi connectivity index (χ4v) is 4.57. The van der Waals surface area contributed by atoms with Crippen molar-refractivity contribution in [1.29, 1.82) is 0 Å². The zero-order valence-corrected chi connectivity index (χ0v) is 19.1. The first kappa shape index (κ1) is 21.6. The highest BCUT2D eigenvalue weighted by Gasteiger charge is 2.21. The number of hydrogen-bond donors (Lipinski definition) is 0. The molecule has 1 amide bonds. The summed E-state index contributed by atoms with van der Waals surface area (Å²) in [4.78, 5) is 21.9. The minimum absolute atomic E-state index is 0.133. The zero-order valence-electron chi connectivity index (χ0n) is 17.5. The molecule has 0 bridgehead atoms. The Morgan fingerprint density at radius 2 is 1.90 bits per heavy atom. The molecule has 6 nitrogen and oxygen atoms in total. The van der Waals surface area contributed by atoms with Crippen molar-refractivity contribution in [2.45, 2.75) is 13.8 Å². The number of nitrogens with zero attached hydrogens (tertiary/aromatic N) is 3. The lowest BCUT2D eigenvalue weighted by atomic mass is 10.2. The second-order valence-corrected chi connectivity index (χ2v) is 8.46. The summed E-state index contributed by atoms with van der Waals surface area (Å²) < 4.78 is 11.9. The van der Waals surface area contributed by atoms with Crippen molar-refractivity contribution in [3.05, 3.63) is 53.1 Å². The number of aromatic nitrogens is 1. The first-order chi connectivity index (χ1) is 15.1. The summed E-state index contributed by atoms with van der Waals surface area (Å²) in [6.07, 6.45) is 3.31. The van der Waals surface area contributed by atoms with Crippen LogP contribution in [0.1, 0.15) is 19.4 Å². The van der Waals surface area contributed by atoms with Crippen LogP contribution in [0, 0.1) is 0 Å². The number of hydrogen-bond acceptors (Lipinski definition) is 6. The van der Waals surface area contributed by atoms with Crippen LogP contribution >= 0.6 is 22.9 Å². The Labute approximate surface area is 190 Å². The second kappa shape index (κ2) is 9.68. The summed E-state index contributed by atoms with van der Waals surface area (Å²) in [6.45, 7) is 7.61. The van der Waals surface area contributed by atoms with Gasteiger partial charge in [-0.05, 0) is 30.8 Å². The van der Waals surface area contributed by atoms with Gasteiger partial charge in [-0.25, -0.2) is 4.98 Å². The molecule has 0 unspecified atom stereocenters. The molecule has 4 rings (SSSR count). The predicted molar refractivity (Wildman–Crippen MR) is 126 cm³/mol. The standard InChI is InChI=1S/C23H24ClN3O3S/c1-3-26(4-2)11-12-27(22(28)10-9-16-7-5-6-8-17(16)24)23-25-18-13-19-20(30-15-29-19)14-21(18)31-23/h5-10,13-14H,3-4,11-12,15H2,1-2H3/b10-9+. The van der Waals surface area contributed by atoms with E-state index in [0.717, 1.165) is 35.4 Å². The number of carbonyl (C=O) groups excluding carboxylic acids is 1. The smallest absolute Gasteiger partial charge is 0.252 e. The Morgan fingerprint density at radius 3 is 2.65 bits per heavy atom. The molecule has 0 radical (unpaired) electrons. The number of rotatable bonds is 8. The number of anilines is 1. The molecule has 0 spiro atoms. The van der Waals surface area contributed by atoms with Gasteiger partial charge >= 0.3 is 0 Å². The minimum atomic E-state index is -0.133. The molecule has 31 heavy (non-hydrogen) atoms. The highest BCUT2D eigenvalue weighted by molar-refractivity contribution is 7.22. The summed E-state index contributed by atoms with van der Waals surface area (Å²) in [6, 6.07) is 11.2. The molecule has 1 aromatic heterocycles. The fraction of sp³-hybridized carbons (Fsp3) is 0.304. The molecule has 3 aromatic rings. The van der Waals surface area contributed by atoms with Gasteiger partial charge in [-0.3, -0.25) is 9.69 Å². The van der Waals surface area contributed by atoms with Crippen LogP contribution in [0.4, 0.5) is 5.13 Å². The van der Waals surface area contributed by atoms with Crippen LogP contribution in [0.5, 0.6) is 11.5 Å². The van der Waals surface area contributed by atoms with E-state index in [1.807, 2.05) is 30.3 Å². The predicted octanol–water partition coefficient (Wildman–Crippen LogP) is 5.07. The Hall–Kier alpha value is -2.61. The van der Waals surface area contributed by atoms with Crippen LogP contribution in [-0.2, 0) is 4.79 Å². The average molecular weight is 458 g/mol. The molecular weight excluding hydrogens is 434 g/mol. The van der Waals surface area contributed by atoms with E-state index < -0.39 is 0 Å². The van der Waals surface area contributed by atoms with Gasteiger partial charge in [0.15, 0.2) is 16.6 Å². The number of thiazole rings is 1. The quantitative estimate of drug-likeness (QED) is 0.442. The van der Waals surface area contributed by atoms with Crippen LogP contribution in [0.3, 0.4) is 0 Å². The SMILES string of the molecule is CCN(CC)CCN(C(=O)/C=C/c1ccccc1Cl)c1nc2cc3c(cc2s1)OCO3. The molecule has 1 aliphatic rings. The van der Waals surface area contributed by atoms with Crippen LogP contribution < -0.4 is 14.4 Å². The lowest BCUT2D eigenvalue weighted by Gasteiger charge is -2.23. The number of fused-ring (bicyclic) bond motifs is 2. The maximum Gasteiger partial charge on any atom is 0.252 e. The number of halogens is 1. The highest BCUT2D eigenvalue weighted by Crippen LogP contribution is 2.39. The van der Waals surface area contributed by atoms with E-state index >= 15 is 0 Å². The third-order valence-electron chi connectivity index (χ3n) is 5.21. The normalized spacial score (nSPS) is 12.9. The van der Waals surface area contributed by atoms with Crippen molar-refractivity contribution in [1.82, 2.24) is 9.88 Å². The van der Waals surface area contributed by atoms with Gasteiger partial charge in [-0.1, -0.05) is 55.0 Å². The van der Waals surface area contributed by atoms with Gasteiger partial charge in [-0.2, -0.15) is 0 Å². The molecule has 1 aliphatic heterocycles. The topological polar surface area (TPSA) is 54.9 Å². The maximum atomic E-state index is 13.2. The molecule has 2 heterocycles. The van der Waals surface area contributed by atoms with E-state index in [1.165, 1.54) is 11.3 Å². The molecule has 0 N–H and O–H groups in total. The molecule has 0 saturated heterocycles. The number of ether oxygens (including phenoxy) is 2. The van der Waals surface area contributed by atoms with Gasteiger partial charge < -0.3 is 14.4 Å². The average Bonchev–Trinajstić information content (AvgIpc) is 3.40. The number of amides is 1. The van der Waals surface area contributed by atoms with Crippen LogP contribution in [0.2, 0.25) is 5.02 Å². The van der Waals surface area contributed by atoms with E-state index in [2.05, 4.69) is 18.7 Å². The second-order valence-electron chi connectivity index (χ2n) is 7.04. The maximum absolute atomic E-state index is 13.2. The lowest BCUT2D eigenvalue weighted by molar-refractivity contribution is -0.114. The van der Waals surface area contributed by atoms with Crippen molar-refractivity contribution in [3.63, 3.8) is 0 Å². The molecule has 0 atom stereocenters. The summed E-state index contributed by atoms with van der Waals surface area (Å²) >= 11 is 7.70. The lowest BCUT2D eigenvalue weighted by Crippen LogP contribution is -2.38. The van der Waals surface area contributed by atoms with E-state index in [0.29, 0.717) is 28.2 Å². The van der Waals surface area contributed by atoms with Crippen molar-refractivity contribution < 1.29 is 14.3 Å². The Morgan fingerprint density at radius 1 is 1.16 bits per heavy atom. The number of benzene rings is 2.